The van der Waals surface area contributed by atoms with Gasteiger partial charge in [-0.1, -0.05) is 29.8 Å². The van der Waals surface area contributed by atoms with Crippen molar-refractivity contribution in [2.45, 2.75) is 6.61 Å². The third-order valence-corrected chi connectivity index (χ3v) is 2.91. The number of nitrogen functional groups attached to an aromatic ring is 1. The zero-order chi connectivity index (χ0) is 14.7. The number of hydrogen-bond acceptors (Lipinski definition) is 3. The van der Waals surface area contributed by atoms with Crippen LogP contribution >= 0.6 is 11.6 Å². The Kier molecular flexibility index (Phi) is 4.10. The molecule has 0 saturated heterocycles. The number of carbonyl (C=O) groups is 1. The molecule has 0 spiro atoms. The number of aromatic carboxylic acids is 1. The molecule has 2 aromatic carbocycles. The largest absolute Gasteiger partial charge is 0.486 e. The first-order chi connectivity index (χ1) is 9.49. The molecule has 0 heterocycles. The number of carboxylic acid groups (broad SMARTS) is 1. The van der Waals surface area contributed by atoms with E-state index in [4.69, 9.17) is 27.2 Å². The highest BCUT2D eigenvalue weighted by Gasteiger charge is 2.17. The average molecular weight is 296 g/mol. The van der Waals surface area contributed by atoms with Gasteiger partial charge in [0.2, 0.25) is 0 Å². The van der Waals surface area contributed by atoms with E-state index >= 15 is 0 Å². The Morgan fingerprint density at radius 1 is 1.35 bits per heavy atom. The zero-order valence-electron chi connectivity index (χ0n) is 10.3. The summed E-state index contributed by atoms with van der Waals surface area (Å²) in [5, 5.41) is 9.17. The van der Waals surface area contributed by atoms with Crippen LogP contribution in [0.4, 0.5) is 10.1 Å². The van der Waals surface area contributed by atoms with Gasteiger partial charge in [-0.15, -0.1) is 0 Å². The van der Waals surface area contributed by atoms with E-state index in [9.17, 15) is 9.18 Å². The van der Waals surface area contributed by atoms with Crippen molar-refractivity contribution in [3.63, 3.8) is 0 Å². The fraction of sp³-hybridized carbons (Fsp3) is 0.0714. The maximum absolute atomic E-state index is 13.5. The first-order valence-electron chi connectivity index (χ1n) is 5.67. The van der Waals surface area contributed by atoms with Crippen LogP contribution in [0.15, 0.2) is 36.4 Å². The third kappa shape index (κ3) is 3.00. The highest BCUT2D eigenvalue weighted by Crippen LogP contribution is 2.32. The lowest BCUT2D eigenvalue weighted by Gasteiger charge is -2.12. The first-order valence-corrected chi connectivity index (χ1v) is 6.05. The number of carboxylic acids is 1. The van der Waals surface area contributed by atoms with Crippen LogP contribution in [0.25, 0.3) is 0 Å². The minimum absolute atomic E-state index is 0.0309. The number of nitrogens with two attached hydrogens (primary N) is 1. The highest BCUT2D eigenvalue weighted by atomic mass is 35.5. The molecule has 2 rings (SSSR count). The lowest BCUT2D eigenvalue weighted by atomic mass is 10.1. The molecular formula is C14H11ClFNO3. The SMILES string of the molecule is Nc1cc(Cl)c(OCc2ccccc2F)c(C(=O)O)c1. The Bertz CT molecular complexity index is 661. The van der Waals surface area contributed by atoms with E-state index in [1.165, 1.54) is 18.2 Å². The topological polar surface area (TPSA) is 72.5 Å². The molecule has 0 bridgehead atoms. The van der Waals surface area contributed by atoms with E-state index in [1.807, 2.05) is 0 Å². The molecule has 0 aliphatic rings. The molecule has 3 N–H and O–H groups in total. The summed E-state index contributed by atoms with van der Waals surface area (Å²) in [4.78, 5) is 11.1. The van der Waals surface area contributed by atoms with Crippen molar-refractivity contribution in [2.24, 2.45) is 0 Å². The summed E-state index contributed by atoms with van der Waals surface area (Å²) in [6.45, 7) is -0.128. The third-order valence-electron chi connectivity index (χ3n) is 2.63. The number of halogens is 2. The number of hydrogen-bond donors (Lipinski definition) is 2. The van der Waals surface area contributed by atoms with Crippen molar-refractivity contribution < 1.29 is 19.0 Å². The minimum Gasteiger partial charge on any atom is -0.486 e. The molecule has 4 nitrogen and oxygen atoms in total. The monoisotopic (exact) mass is 295 g/mol. The van der Waals surface area contributed by atoms with Gasteiger partial charge in [0, 0.05) is 11.3 Å². The van der Waals surface area contributed by atoms with Gasteiger partial charge in [-0.2, -0.15) is 0 Å². The predicted molar refractivity (Wildman–Crippen MR) is 73.6 cm³/mol. The summed E-state index contributed by atoms with van der Waals surface area (Å²) < 4.78 is 18.8. The summed E-state index contributed by atoms with van der Waals surface area (Å²) in [7, 11) is 0. The molecule has 0 aromatic heterocycles. The van der Waals surface area contributed by atoms with Crippen LogP contribution in [0.2, 0.25) is 5.02 Å². The second kappa shape index (κ2) is 5.79. The summed E-state index contributed by atoms with van der Waals surface area (Å²) in [5.41, 5.74) is 5.89. The lowest BCUT2D eigenvalue weighted by Crippen LogP contribution is -2.06. The van der Waals surface area contributed by atoms with Crippen LogP contribution in [0.1, 0.15) is 15.9 Å². The summed E-state index contributed by atoms with van der Waals surface area (Å²) in [6, 6.07) is 8.67. The molecule has 0 saturated carbocycles. The molecular weight excluding hydrogens is 285 g/mol. The molecule has 0 aliphatic heterocycles. The van der Waals surface area contributed by atoms with E-state index in [0.717, 1.165) is 0 Å². The number of rotatable bonds is 4. The van der Waals surface area contributed by atoms with E-state index in [-0.39, 0.29) is 28.6 Å². The fourth-order valence-electron chi connectivity index (χ4n) is 1.69. The molecule has 0 atom stereocenters. The Hall–Kier alpha value is -2.27. The standard InChI is InChI=1S/C14H11ClFNO3/c15-11-6-9(17)5-10(14(18)19)13(11)20-7-8-3-1-2-4-12(8)16/h1-6H,7,17H2,(H,18,19). The van der Waals surface area contributed by atoms with Gasteiger partial charge >= 0.3 is 5.97 Å². The molecule has 0 amide bonds. The molecule has 0 radical (unpaired) electrons. The summed E-state index contributed by atoms with van der Waals surface area (Å²) >= 11 is 5.92. The summed E-state index contributed by atoms with van der Waals surface area (Å²) in [6.07, 6.45) is 0. The van der Waals surface area contributed by atoms with Crippen LogP contribution < -0.4 is 10.5 Å². The van der Waals surface area contributed by atoms with Crippen molar-refractivity contribution in [1.82, 2.24) is 0 Å². The van der Waals surface area contributed by atoms with Crippen molar-refractivity contribution in [1.29, 1.82) is 0 Å². The van der Waals surface area contributed by atoms with Crippen molar-refractivity contribution in [3.05, 3.63) is 58.4 Å². The fourth-order valence-corrected chi connectivity index (χ4v) is 1.97. The average Bonchev–Trinajstić information content (AvgIpc) is 2.38. The molecule has 6 heteroatoms. The van der Waals surface area contributed by atoms with Crippen LogP contribution in [0, 0.1) is 5.82 Å². The lowest BCUT2D eigenvalue weighted by molar-refractivity contribution is 0.0692. The molecule has 0 aliphatic carbocycles. The van der Waals surface area contributed by atoms with E-state index in [0.29, 0.717) is 5.56 Å². The summed E-state index contributed by atoms with van der Waals surface area (Å²) in [5.74, 6) is -1.68. The van der Waals surface area contributed by atoms with Gasteiger partial charge in [-0.25, -0.2) is 9.18 Å². The van der Waals surface area contributed by atoms with Gasteiger partial charge in [-0.05, 0) is 18.2 Å². The van der Waals surface area contributed by atoms with Crippen LogP contribution in [0.5, 0.6) is 5.75 Å². The van der Waals surface area contributed by atoms with Crippen LogP contribution in [0.3, 0.4) is 0 Å². The van der Waals surface area contributed by atoms with Crippen LogP contribution in [-0.4, -0.2) is 11.1 Å². The molecule has 0 unspecified atom stereocenters. The highest BCUT2D eigenvalue weighted by molar-refractivity contribution is 6.33. The Balaban J connectivity index is 2.30. The first kappa shape index (κ1) is 14.1. The smallest absolute Gasteiger partial charge is 0.339 e. The molecule has 104 valence electrons. The maximum atomic E-state index is 13.5. The Morgan fingerprint density at radius 2 is 2.05 bits per heavy atom. The van der Waals surface area contributed by atoms with Gasteiger partial charge in [0.15, 0.2) is 5.75 Å². The Labute approximate surface area is 119 Å². The van der Waals surface area contributed by atoms with Gasteiger partial charge in [0.05, 0.1) is 5.02 Å². The molecule has 2 aromatic rings. The van der Waals surface area contributed by atoms with Gasteiger partial charge < -0.3 is 15.6 Å². The second-order valence-corrected chi connectivity index (χ2v) is 4.47. The minimum atomic E-state index is -1.22. The second-order valence-electron chi connectivity index (χ2n) is 4.06. The van der Waals surface area contributed by atoms with E-state index in [2.05, 4.69) is 0 Å². The predicted octanol–water partition coefficient (Wildman–Crippen LogP) is 3.34. The van der Waals surface area contributed by atoms with Crippen molar-refractivity contribution >= 4 is 23.3 Å². The van der Waals surface area contributed by atoms with E-state index < -0.39 is 11.8 Å². The number of benzene rings is 2. The van der Waals surface area contributed by atoms with Gasteiger partial charge in [0.25, 0.3) is 0 Å². The number of anilines is 1. The quantitative estimate of drug-likeness (QED) is 0.849. The molecule has 20 heavy (non-hydrogen) atoms. The van der Waals surface area contributed by atoms with E-state index in [1.54, 1.807) is 18.2 Å². The Morgan fingerprint density at radius 3 is 2.70 bits per heavy atom. The van der Waals surface area contributed by atoms with Gasteiger partial charge in [0.1, 0.15) is 18.0 Å². The zero-order valence-corrected chi connectivity index (χ0v) is 11.0. The van der Waals surface area contributed by atoms with Gasteiger partial charge in [-0.3, -0.25) is 0 Å². The molecule has 0 fully saturated rings. The van der Waals surface area contributed by atoms with Crippen molar-refractivity contribution in [2.75, 3.05) is 5.73 Å². The van der Waals surface area contributed by atoms with Crippen LogP contribution in [-0.2, 0) is 6.61 Å². The number of ether oxygens (including phenoxy) is 1. The van der Waals surface area contributed by atoms with Crippen molar-refractivity contribution in [3.8, 4) is 5.75 Å². The normalized spacial score (nSPS) is 10.3. The maximum Gasteiger partial charge on any atom is 0.339 e.